The molecule has 1 amide bonds. The minimum atomic E-state index is -3.49. The van der Waals surface area contributed by atoms with Crippen molar-refractivity contribution in [2.24, 2.45) is 0 Å². The predicted octanol–water partition coefficient (Wildman–Crippen LogP) is 1.47. The molecule has 0 saturated carbocycles. The molecule has 126 valence electrons. The number of nitrogens with one attached hydrogen (secondary N) is 1. The third kappa shape index (κ3) is 6.04. The number of carbonyl (C=O) groups excluding carboxylic acids is 1. The van der Waals surface area contributed by atoms with Crippen LogP contribution in [0.25, 0.3) is 0 Å². The highest BCUT2D eigenvalue weighted by Crippen LogP contribution is 2.21. The van der Waals surface area contributed by atoms with Crippen LogP contribution in [0.2, 0.25) is 0 Å². The number of methoxy groups -OCH3 is 1. The Kier molecular flexibility index (Phi) is 8.02. The number of ether oxygens (including phenoxy) is 1. The largest absolute Gasteiger partial charge is 0.385 e. The van der Waals surface area contributed by atoms with Gasteiger partial charge in [0.2, 0.25) is 15.9 Å². The van der Waals surface area contributed by atoms with Gasteiger partial charge in [0.1, 0.15) is 4.21 Å². The van der Waals surface area contributed by atoms with Gasteiger partial charge >= 0.3 is 0 Å². The molecule has 1 heterocycles. The number of amides is 1. The summed E-state index contributed by atoms with van der Waals surface area (Å²) in [5.41, 5.74) is 0. The fourth-order valence-corrected chi connectivity index (χ4v) is 4.27. The lowest BCUT2D eigenvalue weighted by Gasteiger charge is -2.20. The van der Waals surface area contributed by atoms with E-state index in [1.807, 2.05) is 13.0 Å². The summed E-state index contributed by atoms with van der Waals surface area (Å²) in [6.45, 7) is 5.15. The molecule has 1 aromatic heterocycles. The van der Waals surface area contributed by atoms with Gasteiger partial charge in [-0.3, -0.25) is 4.79 Å². The number of carbonyl (C=O) groups is 1. The van der Waals surface area contributed by atoms with Gasteiger partial charge in [-0.15, -0.1) is 11.3 Å². The summed E-state index contributed by atoms with van der Waals surface area (Å²) >= 11 is 1.27. The third-order valence-electron chi connectivity index (χ3n) is 3.15. The molecular weight excluding hydrogens is 324 g/mol. The average molecular weight is 348 g/mol. The van der Waals surface area contributed by atoms with Crippen molar-refractivity contribution in [2.75, 3.05) is 33.4 Å². The Balaban J connectivity index is 2.51. The molecule has 22 heavy (non-hydrogen) atoms. The smallest absolute Gasteiger partial charge is 0.250 e. The molecule has 0 fully saturated rings. The zero-order valence-corrected chi connectivity index (χ0v) is 14.9. The van der Waals surface area contributed by atoms with E-state index >= 15 is 0 Å². The van der Waals surface area contributed by atoms with E-state index in [4.69, 9.17) is 4.74 Å². The summed E-state index contributed by atoms with van der Waals surface area (Å²) < 4.78 is 32.1. The lowest BCUT2D eigenvalue weighted by Crippen LogP contribution is -2.38. The minimum absolute atomic E-state index is 0.0697. The molecule has 1 aromatic rings. The SMILES string of the molecule is CCc1ccc(S(=O)(=O)NCCN(CCCOC)C(C)=O)s1. The predicted molar refractivity (Wildman–Crippen MR) is 87.6 cm³/mol. The number of nitrogens with zero attached hydrogens (tertiary/aromatic N) is 1. The average Bonchev–Trinajstić information content (AvgIpc) is 2.95. The Labute approximate surface area is 136 Å². The van der Waals surface area contributed by atoms with Gasteiger partial charge < -0.3 is 9.64 Å². The van der Waals surface area contributed by atoms with Crippen LogP contribution in [0.1, 0.15) is 25.1 Å². The van der Waals surface area contributed by atoms with Gasteiger partial charge in [-0.05, 0) is 25.0 Å². The second-order valence-corrected chi connectivity index (χ2v) is 7.99. The monoisotopic (exact) mass is 348 g/mol. The van der Waals surface area contributed by atoms with Gasteiger partial charge in [0.15, 0.2) is 0 Å². The standard InChI is InChI=1S/C14H24N2O4S2/c1-4-13-6-7-14(21-13)22(18,19)15-8-10-16(12(2)17)9-5-11-20-3/h6-7,15H,4-5,8-11H2,1-3H3. The van der Waals surface area contributed by atoms with Crippen molar-refractivity contribution in [3.63, 3.8) is 0 Å². The van der Waals surface area contributed by atoms with Crippen molar-refractivity contribution in [1.82, 2.24) is 9.62 Å². The van der Waals surface area contributed by atoms with Crippen LogP contribution in [0.4, 0.5) is 0 Å². The van der Waals surface area contributed by atoms with Crippen molar-refractivity contribution in [3.05, 3.63) is 17.0 Å². The second kappa shape index (κ2) is 9.24. The van der Waals surface area contributed by atoms with Crippen LogP contribution < -0.4 is 4.72 Å². The number of sulfonamides is 1. The molecule has 1 rings (SSSR count). The normalized spacial score (nSPS) is 11.6. The number of hydrogen-bond donors (Lipinski definition) is 1. The van der Waals surface area contributed by atoms with Crippen LogP contribution in [0, 0.1) is 0 Å². The molecule has 0 aliphatic carbocycles. The first-order valence-corrected chi connectivity index (χ1v) is 9.53. The van der Waals surface area contributed by atoms with Crippen LogP contribution in [0.3, 0.4) is 0 Å². The van der Waals surface area contributed by atoms with E-state index in [1.165, 1.54) is 18.3 Å². The zero-order valence-electron chi connectivity index (χ0n) is 13.3. The fourth-order valence-electron chi connectivity index (χ4n) is 1.91. The van der Waals surface area contributed by atoms with Gasteiger partial charge in [-0.2, -0.15) is 0 Å². The highest BCUT2D eigenvalue weighted by atomic mass is 32.2. The van der Waals surface area contributed by atoms with Crippen molar-refractivity contribution in [2.45, 2.75) is 30.9 Å². The Morgan fingerprint density at radius 3 is 2.64 bits per heavy atom. The Morgan fingerprint density at radius 1 is 1.36 bits per heavy atom. The Morgan fingerprint density at radius 2 is 2.09 bits per heavy atom. The van der Waals surface area contributed by atoms with Crippen molar-refractivity contribution < 1.29 is 17.9 Å². The molecule has 0 aliphatic rings. The lowest BCUT2D eigenvalue weighted by atomic mass is 10.4. The van der Waals surface area contributed by atoms with E-state index < -0.39 is 10.0 Å². The van der Waals surface area contributed by atoms with Crippen LogP contribution in [-0.4, -0.2) is 52.6 Å². The van der Waals surface area contributed by atoms with Crippen LogP contribution in [-0.2, 0) is 26.0 Å². The number of aryl methyl sites for hydroxylation is 1. The number of hydrogen-bond acceptors (Lipinski definition) is 5. The minimum Gasteiger partial charge on any atom is -0.385 e. The van der Waals surface area contributed by atoms with Crippen LogP contribution in [0.15, 0.2) is 16.3 Å². The summed E-state index contributed by atoms with van der Waals surface area (Å²) in [6.07, 6.45) is 1.55. The van der Waals surface area contributed by atoms with E-state index in [0.29, 0.717) is 23.9 Å². The van der Waals surface area contributed by atoms with E-state index in [9.17, 15) is 13.2 Å². The van der Waals surface area contributed by atoms with Gasteiger partial charge in [-0.25, -0.2) is 13.1 Å². The molecule has 0 unspecified atom stereocenters. The summed E-state index contributed by atoms with van der Waals surface area (Å²) in [4.78, 5) is 14.2. The highest BCUT2D eigenvalue weighted by molar-refractivity contribution is 7.91. The quantitative estimate of drug-likeness (QED) is 0.650. The first-order valence-electron chi connectivity index (χ1n) is 7.23. The van der Waals surface area contributed by atoms with Gasteiger partial charge in [0, 0.05) is 45.2 Å². The maximum Gasteiger partial charge on any atom is 0.250 e. The first-order chi connectivity index (χ1) is 10.4. The van der Waals surface area contributed by atoms with E-state index in [0.717, 1.165) is 17.7 Å². The van der Waals surface area contributed by atoms with Gasteiger partial charge in [0.25, 0.3) is 0 Å². The topological polar surface area (TPSA) is 75.7 Å². The van der Waals surface area contributed by atoms with Crippen molar-refractivity contribution in [1.29, 1.82) is 0 Å². The molecule has 0 spiro atoms. The van der Waals surface area contributed by atoms with Crippen molar-refractivity contribution >= 4 is 27.3 Å². The summed E-state index contributed by atoms with van der Waals surface area (Å²) in [5.74, 6) is -0.0697. The number of thiophene rings is 1. The molecule has 0 aromatic carbocycles. The summed E-state index contributed by atoms with van der Waals surface area (Å²) in [5, 5.41) is 0. The molecule has 0 saturated heterocycles. The molecule has 8 heteroatoms. The van der Waals surface area contributed by atoms with Crippen LogP contribution >= 0.6 is 11.3 Å². The maximum absolute atomic E-state index is 12.1. The Hall–Kier alpha value is -0.960. The summed E-state index contributed by atoms with van der Waals surface area (Å²) in [6, 6.07) is 3.44. The number of rotatable bonds is 10. The Bertz CT molecular complexity index is 569. The third-order valence-corrected chi connectivity index (χ3v) is 6.33. The zero-order chi connectivity index (χ0) is 16.6. The van der Waals surface area contributed by atoms with Gasteiger partial charge in [0.05, 0.1) is 0 Å². The lowest BCUT2D eigenvalue weighted by molar-refractivity contribution is -0.128. The van der Waals surface area contributed by atoms with E-state index in [2.05, 4.69) is 4.72 Å². The second-order valence-electron chi connectivity index (χ2n) is 4.82. The fraction of sp³-hybridized carbons (Fsp3) is 0.643. The molecule has 0 aliphatic heterocycles. The molecular formula is C14H24N2O4S2. The molecule has 0 radical (unpaired) electrons. The van der Waals surface area contributed by atoms with Crippen molar-refractivity contribution in [3.8, 4) is 0 Å². The highest BCUT2D eigenvalue weighted by Gasteiger charge is 2.17. The molecule has 0 bridgehead atoms. The van der Waals surface area contributed by atoms with Gasteiger partial charge in [-0.1, -0.05) is 6.92 Å². The van der Waals surface area contributed by atoms with E-state index in [1.54, 1.807) is 18.1 Å². The maximum atomic E-state index is 12.1. The van der Waals surface area contributed by atoms with Crippen LogP contribution in [0.5, 0.6) is 0 Å². The molecule has 6 nitrogen and oxygen atoms in total. The molecule has 1 N–H and O–H groups in total. The molecule has 0 atom stereocenters. The summed E-state index contributed by atoms with van der Waals surface area (Å²) in [7, 11) is -1.88. The van der Waals surface area contributed by atoms with E-state index in [-0.39, 0.29) is 12.5 Å². The first kappa shape index (κ1) is 19.1.